The minimum absolute atomic E-state index is 0.0175. The van der Waals surface area contributed by atoms with E-state index >= 15 is 0 Å². The second kappa shape index (κ2) is 8.89. The largest absolute Gasteiger partial charge is 0.484 e. The number of carbonyl (C=O) groups is 1. The first-order valence-electron chi connectivity index (χ1n) is 8.97. The number of rotatable bonds is 7. The van der Waals surface area contributed by atoms with Gasteiger partial charge in [-0.3, -0.25) is 4.79 Å². The Balaban J connectivity index is 1.57. The molecule has 0 bridgehead atoms. The maximum Gasteiger partial charge on any atom is 0.258 e. The molecular weight excluding hydrogens is 360 g/mol. The molecule has 3 aromatic rings. The first-order chi connectivity index (χ1) is 13.0. The number of hydrogen-bond donors (Lipinski definition) is 2. The Hall–Kier alpha value is -2.56. The van der Waals surface area contributed by atoms with Gasteiger partial charge in [-0.15, -0.1) is 0 Å². The number of hydrogen-bond acceptors (Lipinski definition) is 2. The number of halogens is 1. The first-order valence-corrected chi connectivity index (χ1v) is 9.35. The lowest BCUT2D eigenvalue weighted by Gasteiger charge is -2.23. The van der Waals surface area contributed by atoms with Crippen LogP contribution in [0.3, 0.4) is 0 Å². The summed E-state index contributed by atoms with van der Waals surface area (Å²) in [5.74, 6) is 0.534. The SMILES string of the molecule is C[NH+](C)[C@@H](CNC(=O)COc1ccc2ccccc2c1)c1ccccc1Cl. The predicted molar refractivity (Wildman–Crippen MR) is 109 cm³/mol. The number of benzene rings is 3. The third-order valence-electron chi connectivity index (χ3n) is 4.57. The van der Waals surface area contributed by atoms with Gasteiger partial charge in [0, 0.05) is 10.6 Å². The van der Waals surface area contributed by atoms with Crippen molar-refractivity contribution >= 4 is 28.3 Å². The molecule has 2 N–H and O–H groups in total. The minimum Gasteiger partial charge on any atom is -0.484 e. The average molecular weight is 384 g/mol. The molecule has 0 aromatic heterocycles. The van der Waals surface area contributed by atoms with Crippen molar-refractivity contribution in [2.24, 2.45) is 0 Å². The summed E-state index contributed by atoms with van der Waals surface area (Å²) in [5, 5.41) is 5.90. The summed E-state index contributed by atoms with van der Waals surface area (Å²) >= 11 is 6.32. The Morgan fingerprint density at radius 3 is 2.48 bits per heavy atom. The van der Waals surface area contributed by atoms with Crippen molar-refractivity contribution in [3.8, 4) is 5.75 Å². The normalized spacial score (nSPS) is 12.1. The fraction of sp³-hybridized carbons (Fsp3) is 0.227. The monoisotopic (exact) mass is 383 g/mol. The number of amides is 1. The molecular formula is C22H24ClN2O2+. The number of carbonyl (C=O) groups excluding carboxylic acids is 1. The Morgan fingerprint density at radius 1 is 1.04 bits per heavy atom. The molecule has 0 saturated heterocycles. The third-order valence-corrected chi connectivity index (χ3v) is 4.92. The molecule has 0 fully saturated rings. The zero-order valence-electron chi connectivity index (χ0n) is 15.5. The van der Waals surface area contributed by atoms with Gasteiger partial charge in [0.2, 0.25) is 0 Å². The van der Waals surface area contributed by atoms with E-state index in [0.717, 1.165) is 16.3 Å². The van der Waals surface area contributed by atoms with Gasteiger partial charge < -0.3 is 15.0 Å². The van der Waals surface area contributed by atoms with Crippen LogP contribution in [0.15, 0.2) is 66.7 Å². The van der Waals surface area contributed by atoms with Crippen molar-refractivity contribution in [3.05, 3.63) is 77.3 Å². The van der Waals surface area contributed by atoms with Gasteiger partial charge in [-0.1, -0.05) is 60.1 Å². The van der Waals surface area contributed by atoms with E-state index < -0.39 is 0 Å². The molecule has 140 valence electrons. The van der Waals surface area contributed by atoms with Crippen LogP contribution in [0, 0.1) is 0 Å². The molecule has 0 radical (unpaired) electrons. The molecule has 4 nitrogen and oxygen atoms in total. The van der Waals surface area contributed by atoms with Crippen molar-refractivity contribution in [1.82, 2.24) is 5.32 Å². The van der Waals surface area contributed by atoms with Gasteiger partial charge in [-0.2, -0.15) is 0 Å². The molecule has 0 aliphatic rings. The van der Waals surface area contributed by atoms with Crippen molar-refractivity contribution in [3.63, 3.8) is 0 Å². The van der Waals surface area contributed by atoms with Gasteiger partial charge in [0.05, 0.1) is 20.6 Å². The van der Waals surface area contributed by atoms with Crippen molar-refractivity contribution in [2.75, 3.05) is 27.2 Å². The lowest BCUT2D eigenvalue weighted by atomic mass is 10.1. The molecule has 0 unspecified atom stereocenters. The summed E-state index contributed by atoms with van der Waals surface area (Å²) in [6.45, 7) is 0.475. The van der Waals surface area contributed by atoms with Crippen LogP contribution < -0.4 is 15.0 Å². The molecule has 1 amide bonds. The van der Waals surface area contributed by atoms with Crippen LogP contribution in [0.5, 0.6) is 5.75 Å². The Morgan fingerprint density at radius 2 is 1.74 bits per heavy atom. The highest BCUT2D eigenvalue weighted by Gasteiger charge is 2.21. The maximum atomic E-state index is 12.2. The standard InChI is InChI=1S/C22H23ClN2O2/c1-25(2)21(19-9-5-6-10-20(19)23)14-24-22(26)15-27-18-12-11-16-7-3-4-8-17(16)13-18/h3-13,21H,14-15H2,1-2H3,(H,24,26)/p+1/t21-/m0/s1. The number of likely N-dealkylation sites (N-methyl/N-ethyl adjacent to an activating group) is 1. The van der Waals surface area contributed by atoms with Gasteiger partial charge in [0.15, 0.2) is 6.61 Å². The lowest BCUT2D eigenvalue weighted by molar-refractivity contribution is -0.890. The summed E-state index contributed by atoms with van der Waals surface area (Å²) in [6.07, 6.45) is 0. The highest BCUT2D eigenvalue weighted by molar-refractivity contribution is 6.31. The third kappa shape index (κ3) is 5.00. The molecule has 0 saturated carbocycles. The summed E-state index contributed by atoms with van der Waals surface area (Å²) in [7, 11) is 4.09. The summed E-state index contributed by atoms with van der Waals surface area (Å²) in [5.41, 5.74) is 1.02. The van der Waals surface area contributed by atoms with E-state index in [2.05, 4.69) is 5.32 Å². The van der Waals surface area contributed by atoms with Crippen LogP contribution in [-0.4, -0.2) is 33.2 Å². The van der Waals surface area contributed by atoms with E-state index in [9.17, 15) is 4.79 Å². The summed E-state index contributed by atoms with van der Waals surface area (Å²) in [4.78, 5) is 13.4. The predicted octanol–water partition coefficient (Wildman–Crippen LogP) is 2.87. The topological polar surface area (TPSA) is 42.8 Å². The smallest absolute Gasteiger partial charge is 0.258 e. The van der Waals surface area contributed by atoms with E-state index in [4.69, 9.17) is 16.3 Å². The molecule has 0 aliphatic carbocycles. The van der Waals surface area contributed by atoms with Gasteiger partial charge in [0.1, 0.15) is 11.8 Å². The number of quaternary nitrogens is 1. The van der Waals surface area contributed by atoms with Crippen LogP contribution in [0.4, 0.5) is 0 Å². The fourth-order valence-electron chi connectivity index (χ4n) is 3.06. The van der Waals surface area contributed by atoms with E-state index in [1.807, 2.05) is 80.8 Å². The van der Waals surface area contributed by atoms with Crippen LogP contribution >= 0.6 is 11.6 Å². The minimum atomic E-state index is -0.151. The molecule has 0 aliphatic heterocycles. The van der Waals surface area contributed by atoms with E-state index in [1.54, 1.807) is 0 Å². The lowest BCUT2D eigenvalue weighted by Crippen LogP contribution is -3.07. The van der Waals surface area contributed by atoms with E-state index in [-0.39, 0.29) is 18.6 Å². The van der Waals surface area contributed by atoms with Gasteiger partial charge in [0.25, 0.3) is 5.91 Å². The second-order valence-electron chi connectivity index (χ2n) is 6.75. The first kappa shape index (κ1) is 19.2. The van der Waals surface area contributed by atoms with Crippen LogP contribution in [0.25, 0.3) is 10.8 Å². The molecule has 27 heavy (non-hydrogen) atoms. The highest BCUT2D eigenvalue weighted by atomic mass is 35.5. The van der Waals surface area contributed by atoms with E-state index in [0.29, 0.717) is 17.3 Å². The zero-order chi connectivity index (χ0) is 19.2. The number of fused-ring (bicyclic) bond motifs is 1. The van der Waals surface area contributed by atoms with Crippen LogP contribution in [0.1, 0.15) is 11.6 Å². The summed E-state index contributed by atoms with van der Waals surface area (Å²) < 4.78 is 5.65. The van der Waals surface area contributed by atoms with Gasteiger partial charge in [-0.25, -0.2) is 0 Å². The van der Waals surface area contributed by atoms with Gasteiger partial charge >= 0.3 is 0 Å². The molecule has 0 spiro atoms. The van der Waals surface area contributed by atoms with Crippen LogP contribution in [-0.2, 0) is 4.79 Å². The Labute approximate surface area is 164 Å². The van der Waals surface area contributed by atoms with E-state index in [1.165, 1.54) is 4.90 Å². The zero-order valence-corrected chi connectivity index (χ0v) is 16.3. The van der Waals surface area contributed by atoms with Crippen molar-refractivity contribution < 1.29 is 14.4 Å². The Bertz CT molecular complexity index is 927. The molecule has 0 heterocycles. The van der Waals surface area contributed by atoms with Crippen molar-refractivity contribution in [1.29, 1.82) is 0 Å². The molecule has 3 aromatic carbocycles. The van der Waals surface area contributed by atoms with Crippen molar-refractivity contribution in [2.45, 2.75) is 6.04 Å². The quantitative estimate of drug-likeness (QED) is 0.658. The number of ether oxygens (including phenoxy) is 1. The second-order valence-corrected chi connectivity index (χ2v) is 7.16. The van der Waals surface area contributed by atoms with Crippen LogP contribution in [0.2, 0.25) is 5.02 Å². The highest BCUT2D eigenvalue weighted by Crippen LogP contribution is 2.21. The average Bonchev–Trinajstić information content (AvgIpc) is 2.67. The number of nitrogens with one attached hydrogen (secondary N) is 2. The maximum absolute atomic E-state index is 12.2. The molecule has 3 rings (SSSR count). The fourth-order valence-corrected chi connectivity index (χ4v) is 3.32. The summed E-state index contributed by atoms with van der Waals surface area (Å²) in [6, 6.07) is 21.7. The molecule has 1 atom stereocenters. The molecule has 5 heteroatoms. The Kier molecular flexibility index (Phi) is 6.32. The van der Waals surface area contributed by atoms with Gasteiger partial charge in [-0.05, 0) is 29.0 Å².